The monoisotopic (exact) mass is 359 g/mol. The molecule has 4 rings (SSSR count). The van der Waals surface area contributed by atoms with Gasteiger partial charge in [-0.25, -0.2) is 0 Å². The Labute approximate surface area is 149 Å². The van der Waals surface area contributed by atoms with Crippen LogP contribution in [-0.2, 0) is 16.1 Å². The molecule has 0 saturated carbocycles. The molecule has 0 spiro atoms. The number of amides is 2. The second-order valence-corrected chi connectivity index (χ2v) is 7.97. The molecule has 3 N–H and O–H groups in total. The van der Waals surface area contributed by atoms with E-state index in [0.717, 1.165) is 6.54 Å². The minimum absolute atomic E-state index is 0.0812. The normalized spacial score (nSPS) is 27.4. The summed E-state index contributed by atoms with van der Waals surface area (Å²) in [6.45, 7) is 2.75. The fourth-order valence-electron chi connectivity index (χ4n) is 3.66. The average Bonchev–Trinajstić information content (AvgIpc) is 3.19. The molecule has 132 valence electrons. The highest BCUT2D eigenvalue weighted by molar-refractivity contribution is 7.19. The van der Waals surface area contributed by atoms with Gasteiger partial charge in [0, 0.05) is 28.7 Å². The van der Waals surface area contributed by atoms with Crippen molar-refractivity contribution in [1.82, 2.24) is 15.5 Å². The van der Waals surface area contributed by atoms with E-state index in [1.807, 2.05) is 12.1 Å². The topological polar surface area (TPSA) is 81.7 Å². The Morgan fingerprint density at radius 1 is 1.40 bits per heavy atom. The third-order valence-corrected chi connectivity index (χ3v) is 6.09. The third-order valence-electron chi connectivity index (χ3n) is 4.97. The summed E-state index contributed by atoms with van der Waals surface area (Å²) < 4.78 is 1.26. The van der Waals surface area contributed by atoms with Crippen LogP contribution in [0.25, 0.3) is 10.1 Å². The van der Waals surface area contributed by atoms with Crippen molar-refractivity contribution in [3.05, 3.63) is 35.2 Å². The van der Waals surface area contributed by atoms with E-state index >= 15 is 0 Å². The van der Waals surface area contributed by atoms with Crippen molar-refractivity contribution in [3.8, 4) is 0 Å². The summed E-state index contributed by atoms with van der Waals surface area (Å²) in [6.07, 6.45) is -0.280. The Kier molecular flexibility index (Phi) is 4.23. The summed E-state index contributed by atoms with van der Waals surface area (Å²) in [5.41, 5.74) is 0. The number of piperazine rings is 1. The quantitative estimate of drug-likeness (QED) is 0.756. The van der Waals surface area contributed by atoms with Crippen LogP contribution in [0.1, 0.15) is 18.2 Å². The Balaban J connectivity index is 1.42. The van der Waals surface area contributed by atoms with Crippen LogP contribution in [-0.4, -0.2) is 52.6 Å². The number of nitrogens with zero attached hydrogens (tertiary/aromatic N) is 1. The van der Waals surface area contributed by atoms with Gasteiger partial charge in [-0.05, 0) is 30.9 Å². The van der Waals surface area contributed by atoms with Crippen LogP contribution < -0.4 is 10.6 Å². The van der Waals surface area contributed by atoms with Crippen LogP contribution in [0.15, 0.2) is 30.3 Å². The van der Waals surface area contributed by atoms with E-state index in [0.29, 0.717) is 13.0 Å². The van der Waals surface area contributed by atoms with Gasteiger partial charge in [-0.3, -0.25) is 9.59 Å². The predicted octanol–water partition coefficient (Wildman–Crippen LogP) is 0.840. The van der Waals surface area contributed by atoms with Crippen LogP contribution >= 0.6 is 11.3 Å². The van der Waals surface area contributed by atoms with E-state index in [1.165, 1.54) is 21.9 Å². The zero-order valence-corrected chi connectivity index (χ0v) is 14.8. The number of nitrogens with one attached hydrogen (secondary N) is 2. The number of fused-ring (bicyclic) bond motifs is 2. The van der Waals surface area contributed by atoms with Crippen LogP contribution in [0.2, 0.25) is 0 Å². The lowest BCUT2D eigenvalue weighted by atomic mass is 10.0. The summed E-state index contributed by atoms with van der Waals surface area (Å²) in [4.78, 5) is 27.5. The number of carbonyl (C=O) groups excluding carboxylic acids is 2. The van der Waals surface area contributed by atoms with Crippen molar-refractivity contribution in [2.24, 2.45) is 0 Å². The Hall–Kier alpha value is -1.96. The lowest BCUT2D eigenvalue weighted by Gasteiger charge is -2.35. The Morgan fingerprint density at radius 2 is 2.20 bits per heavy atom. The lowest BCUT2D eigenvalue weighted by molar-refractivity contribution is -0.149. The van der Waals surface area contributed by atoms with Crippen molar-refractivity contribution in [1.29, 1.82) is 0 Å². The first-order chi connectivity index (χ1) is 12.0. The fourth-order valence-corrected chi connectivity index (χ4v) is 4.68. The van der Waals surface area contributed by atoms with Crippen molar-refractivity contribution in [2.75, 3.05) is 6.54 Å². The smallest absolute Gasteiger partial charge is 0.248 e. The van der Waals surface area contributed by atoms with Gasteiger partial charge in [0.2, 0.25) is 11.8 Å². The molecule has 4 atom stereocenters. The first-order valence-electron chi connectivity index (χ1n) is 8.52. The molecule has 0 unspecified atom stereocenters. The largest absolute Gasteiger partial charge is 0.391 e. The van der Waals surface area contributed by atoms with E-state index in [9.17, 15) is 14.7 Å². The number of aliphatic hydroxyl groups excluding tert-OH is 1. The minimum atomic E-state index is -0.886. The molecular weight excluding hydrogens is 338 g/mol. The third kappa shape index (κ3) is 3.03. The van der Waals surface area contributed by atoms with Crippen molar-refractivity contribution >= 4 is 33.2 Å². The molecule has 2 aromatic rings. The van der Waals surface area contributed by atoms with E-state index in [1.54, 1.807) is 16.2 Å². The molecular formula is C18H21N3O3S. The zero-order valence-electron chi connectivity index (χ0n) is 13.9. The van der Waals surface area contributed by atoms with Gasteiger partial charge in [-0.2, -0.15) is 0 Å². The van der Waals surface area contributed by atoms with Crippen LogP contribution in [0.5, 0.6) is 0 Å². The van der Waals surface area contributed by atoms with Gasteiger partial charge in [0.25, 0.3) is 0 Å². The molecule has 3 heterocycles. The molecule has 6 nitrogen and oxygen atoms in total. The van der Waals surface area contributed by atoms with Crippen LogP contribution in [0, 0.1) is 0 Å². The second-order valence-electron chi connectivity index (χ2n) is 6.80. The highest BCUT2D eigenvalue weighted by Gasteiger charge is 2.47. The fraction of sp³-hybridized carbons (Fsp3) is 0.444. The molecule has 0 aliphatic carbocycles. The molecule has 2 fully saturated rings. The first kappa shape index (κ1) is 16.5. The average molecular weight is 359 g/mol. The van der Waals surface area contributed by atoms with Gasteiger partial charge in [0.1, 0.15) is 12.1 Å². The first-order valence-corrected chi connectivity index (χ1v) is 9.34. The van der Waals surface area contributed by atoms with Gasteiger partial charge >= 0.3 is 0 Å². The maximum atomic E-state index is 12.5. The van der Waals surface area contributed by atoms with Gasteiger partial charge in [0.05, 0.1) is 6.10 Å². The number of carbonyl (C=O) groups is 2. The summed E-state index contributed by atoms with van der Waals surface area (Å²) in [6, 6.07) is 9.28. The number of rotatable bonds is 4. The minimum Gasteiger partial charge on any atom is -0.391 e. The van der Waals surface area contributed by atoms with E-state index in [4.69, 9.17) is 0 Å². The zero-order chi connectivity index (χ0) is 17.6. The number of aliphatic hydroxyl groups is 1. The number of hydrogen-bond donors (Lipinski definition) is 3. The molecule has 25 heavy (non-hydrogen) atoms. The summed E-state index contributed by atoms with van der Waals surface area (Å²) in [5.74, 6) is -0.359. The van der Waals surface area contributed by atoms with E-state index in [-0.39, 0.29) is 17.9 Å². The van der Waals surface area contributed by atoms with E-state index < -0.39 is 18.2 Å². The maximum Gasteiger partial charge on any atom is 0.248 e. The Morgan fingerprint density at radius 3 is 2.96 bits per heavy atom. The Bertz CT molecular complexity index is 786. The molecule has 0 radical (unpaired) electrons. The highest BCUT2D eigenvalue weighted by atomic mass is 32.1. The standard InChI is InChI=1S/C18H21N3O3S/c1-10(22)16-18(24)21-9-12(7-14(21)17(23)20-16)19-8-13-6-11-4-2-3-5-15(11)25-13/h2-6,10,12,14,16,19,22H,7-9H2,1H3,(H,20,23)/t10-,12-,14-,16+/m0/s1. The van der Waals surface area contributed by atoms with Crippen molar-refractivity contribution in [2.45, 2.75) is 44.1 Å². The second kappa shape index (κ2) is 6.40. The predicted molar refractivity (Wildman–Crippen MR) is 96.2 cm³/mol. The summed E-state index contributed by atoms with van der Waals surface area (Å²) >= 11 is 1.76. The molecule has 7 heteroatoms. The van der Waals surface area contributed by atoms with Crippen molar-refractivity contribution in [3.63, 3.8) is 0 Å². The molecule has 1 aromatic carbocycles. The highest BCUT2D eigenvalue weighted by Crippen LogP contribution is 2.27. The molecule has 2 amide bonds. The summed E-state index contributed by atoms with van der Waals surface area (Å²) in [7, 11) is 0. The molecule has 1 aromatic heterocycles. The van der Waals surface area contributed by atoms with E-state index in [2.05, 4.69) is 28.8 Å². The number of hydrogen-bond acceptors (Lipinski definition) is 5. The summed E-state index contributed by atoms with van der Waals surface area (Å²) in [5, 5.41) is 17.1. The number of thiophene rings is 1. The van der Waals surface area contributed by atoms with Gasteiger partial charge in [0.15, 0.2) is 0 Å². The molecule has 2 aliphatic heterocycles. The number of benzene rings is 1. The van der Waals surface area contributed by atoms with Crippen molar-refractivity contribution < 1.29 is 14.7 Å². The lowest BCUT2D eigenvalue weighted by Crippen LogP contribution is -2.64. The van der Waals surface area contributed by atoms with Gasteiger partial charge in [-0.15, -0.1) is 11.3 Å². The molecule has 2 saturated heterocycles. The van der Waals surface area contributed by atoms with Gasteiger partial charge < -0.3 is 20.6 Å². The SMILES string of the molecule is C[C@H](O)[C@H]1NC(=O)[C@@H]2C[C@H](NCc3cc4ccccc4s3)CN2C1=O. The molecule has 0 bridgehead atoms. The van der Waals surface area contributed by atoms with Crippen LogP contribution in [0.3, 0.4) is 0 Å². The van der Waals surface area contributed by atoms with Gasteiger partial charge in [-0.1, -0.05) is 18.2 Å². The maximum absolute atomic E-state index is 12.5. The molecule has 2 aliphatic rings. The van der Waals surface area contributed by atoms with Crippen LogP contribution in [0.4, 0.5) is 0 Å².